The van der Waals surface area contributed by atoms with E-state index < -0.39 is 47.1 Å². The number of aryl methyl sites for hydroxylation is 4. The highest BCUT2D eigenvalue weighted by Crippen LogP contribution is 2.29. The lowest BCUT2D eigenvalue weighted by Gasteiger charge is -2.27. The Bertz CT molecular complexity index is 5500. The molecule has 2 aliphatic heterocycles. The first-order chi connectivity index (χ1) is 52.4. The molecule has 0 saturated carbocycles. The molecule has 588 valence electrons. The van der Waals surface area contributed by atoms with Crippen LogP contribution in [0, 0.1) is 45.2 Å². The molecule has 10 aromatic heterocycles. The van der Waals surface area contributed by atoms with E-state index in [1.54, 1.807) is 132 Å². The number of benzene rings is 1. The van der Waals surface area contributed by atoms with E-state index in [0.29, 0.717) is 67.5 Å². The van der Waals surface area contributed by atoms with Crippen molar-refractivity contribution >= 4 is 68.2 Å². The Hall–Kier alpha value is -11.5. The van der Waals surface area contributed by atoms with Crippen LogP contribution < -0.4 is 38.6 Å². The number of hydrogen-bond donors (Lipinski definition) is 5. The standard InChI is InChI=1S/C28H29F2N5O4.C24H29N5O3.C17H18N4O3.C7H8BrNO.C4H8O.CH4/c1-5-15(2)32-17-12-21(29)24(22(30)13-17)26(36)33-23(28(38)39)14-18-7-9-19(25-31-10-11-35(18)25)20-8-6-16(3)34(4)27(20)37;1-14(2)20-23(32-6)26-19(22(27-20)31-5)13-16-8-10-17(21-25-11-12-29(16)21)18-9-7-15(3)28(4)24(18)30;1-10-3-5-13(16(22)20(10)2)12-6-4-11(9-14(18)17(23)24)21-8-7-19-15(12)21;1-5-3-4-6(8)7(10)9(5)2;1-2-4-5-3-1;/h6-13,15,23,32H,5,14H2,1-4H3,(H,33,36)(H,38,39);7-12,14,19-20H,13H2,1-6H3;3-8,14H,9,18H2,1-2H3,(H,23,24);3-4H,1-2H3;1-4H2;1H4/t15-,23-;19-,20+;14-;;;/m000.../s1. The van der Waals surface area contributed by atoms with Crippen molar-refractivity contribution in [2.75, 3.05) is 32.8 Å². The predicted molar refractivity (Wildman–Crippen MR) is 429 cm³/mol. The molecule has 0 bridgehead atoms. The van der Waals surface area contributed by atoms with Crippen molar-refractivity contribution in [3.63, 3.8) is 0 Å². The molecule has 12 heterocycles. The van der Waals surface area contributed by atoms with Crippen LogP contribution in [0.3, 0.4) is 0 Å². The fourth-order valence-electron chi connectivity index (χ4n) is 12.2. The van der Waals surface area contributed by atoms with Gasteiger partial charge in [0.15, 0.2) is 0 Å². The number of aliphatic imine (C=N–C) groups is 2. The van der Waals surface area contributed by atoms with Crippen LogP contribution in [0.2, 0.25) is 0 Å². The third-order valence-electron chi connectivity index (χ3n) is 19.4. The number of halogens is 3. The summed E-state index contributed by atoms with van der Waals surface area (Å²) in [6.07, 6.45) is 13.9. The summed E-state index contributed by atoms with van der Waals surface area (Å²) in [5, 5.41) is 24.0. The topological polar surface area (TPSA) is 334 Å². The highest BCUT2D eigenvalue weighted by Gasteiger charge is 2.33. The number of carbonyl (C=O) groups excluding carboxylic acids is 1. The van der Waals surface area contributed by atoms with Crippen molar-refractivity contribution in [1.82, 2.24) is 51.7 Å². The van der Waals surface area contributed by atoms with Gasteiger partial charge in [0.05, 0.1) is 35.4 Å². The Kier molecular flexibility index (Phi) is 28.9. The van der Waals surface area contributed by atoms with Crippen molar-refractivity contribution in [1.29, 1.82) is 0 Å². The van der Waals surface area contributed by atoms with E-state index in [2.05, 4.69) is 55.4 Å². The lowest BCUT2D eigenvalue weighted by atomic mass is 10.0. The first kappa shape index (κ1) is 85.1. The number of hydrogen-bond acceptors (Lipinski definition) is 17. The third kappa shape index (κ3) is 19.6. The van der Waals surface area contributed by atoms with Gasteiger partial charge >= 0.3 is 11.9 Å². The number of nitrogens with one attached hydrogen (secondary N) is 2. The molecule has 0 spiro atoms. The van der Waals surface area contributed by atoms with E-state index in [4.69, 9.17) is 35.0 Å². The van der Waals surface area contributed by atoms with Gasteiger partial charge in [-0.25, -0.2) is 38.5 Å². The molecule has 13 rings (SSSR count). The molecule has 5 atom stereocenters. The number of ether oxygens (including phenoxy) is 3. The van der Waals surface area contributed by atoms with E-state index in [9.17, 15) is 47.4 Å². The Balaban J connectivity index is 0.000000193. The molecular weight excluding hydrogens is 1490 g/mol. The van der Waals surface area contributed by atoms with Crippen LogP contribution in [0.25, 0.3) is 50.3 Å². The maximum atomic E-state index is 14.7. The average Bonchev–Trinajstić information content (AvgIpc) is 1.71. The molecule has 11 aromatic rings. The minimum absolute atomic E-state index is 0. The zero-order valence-electron chi connectivity index (χ0n) is 63.9. The van der Waals surface area contributed by atoms with E-state index in [1.807, 2.05) is 94.6 Å². The number of nitrogens with two attached hydrogens (primary N) is 1. The second-order valence-electron chi connectivity index (χ2n) is 27.1. The zero-order valence-corrected chi connectivity index (χ0v) is 65.5. The summed E-state index contributed by atoms with van der Waals surface area (Å²) in [5.41, 5.74) is 15.7. The number of carbonyl (C=O) groups is 3. The van der Waals surface area contributed by atoms with Gasteiger partial charge in [0.1, 0.15) is 58.3 Å². The maximum Gasteiger partial charge on any atom is 0.326 e. The number of imidazole rings is 3. The van der Waals surface area contributed by atoms with Crippen LogP contribution in [0.1, 0.15) is 105 Å². The van der Waals surface area contributed by atoms with Gasteiger partial charge in [0, 0.05) is 166 Å². The Morgan fingerprint density at radius 3 is 1.38 bits per heavy atom. The quantitative estimate of drug-likeness (QED) is 0.0565. The minimum Gasteiger partial charge on any atom is -0.483 e. The fraction of sp³-hybridized carbons (Fsp3) is 0.358. The number of nitrogens with zero attached hydrogens (tertiary/aromatic N) is 12. The third-order valence-corrected chi connectivity index (χ3v) is 20.0. The van der Waals surface area contributed by atoms with Crippen LogP contribution in [0.15, 0.2) is 168 Å². The summed E-state index contributed by atoms with van der Waals surface area (Å²) < 4.78 is 57.9. The zero-order chi connectivity index (χ0) is 80.1. The SMILES string of the molecule is C.C1CCOC1.CC[C@H](C)Nc1cc(F)c(C(=O)N[C@@H](Cc2ccc(-c3ccc(C)n(C)c3=O)c3nccn23)C(=O)O)c(F)c1.COC1=N[C@H](C(C)C)C(OC)=N[C@H]1Cc1ccc(-c2ccc(C)n(C)c2=O)c2nccn12.Cc1ccc(-c2ccc(C[C@H](N)C(=O)O)n3ccnc23)c(=O)n1C.Cc1ccc(Br)c(=O)n1C. The molecular formula is C81H96BrF2N15O12. The maximum absolute atomic E-state index is 14.7. The van der Waals surface area contributed by atoms with E-state index in [0.717, 1.165) is 77.1 Å². The van der Waals surface area contributed by atoms with Gasteiger partial charge < -0.3 is 72.3 Å². The lowest BCUT2D eigenvalue weighted by molar-refractivity contribution is -0.139. The van der Waals surface area contributed by atoms with Gasteiger partial charge in [-0.15, -0.1) is 0 Å². The highest BCUT2D eigenvalue weighted by molar-refractivity contribution is 9.10. The largest absolute Gasteiger partial charge is 0.483 e. The number of methoxy groups -OCH3 is 2. The average molecular weight is 1590 g/mol. The van der Waals surface area contributed by atoms with Crippen LogP contribution in [0.5, 0.6) is 0 Å². The molecule has 27 nitrogen and oxygen atoms in total. The van der Waals surface area contributed by atoms with Crippen LogP contribution in [0.4, 0.5) is 14.5 Å². The van der Waals surface area contributed by atoms with Crippen LogP contribution in [-0.4, -0.2) is 144 Å². The molecule has 1 amide bonds. The first-order valence-electron chi connectivity index (χ1n) is 35.7. The molecule has 0 aliphatic carbocycles. The van der Waals surface area contributed by atoms with Gasteiger partial charge in [-0.3, -0.25) is 28.8 Å². The summed E-state index contributed by atoms with van der Waals surface area (Å²) in [7, 11) is 10.2. The van der Waals surface area contributed by atoms with Gasteiger partial charge in [0.25, 0.3) is 28.1 Å². The smallest absolute Gasteiger partial charge is 0.326 e. The Morgan fingerprint density at radius 2 is 0.991 bits per heavy atom. The number of carboxylic acid groups (broad SMARTS) is 2. The van der Waals surface area contributed by atoms with Crippen LogP contribution in [-0.2, 0) is 71.3 Å². The number of rotatable bonds is 17. The predicted octanol–water partition coefficient (Wildman–Crippen LogP) is 10.8. The molecule has 1 fully saturated rings. The number of aliphatic carboxylic acids is 2. The molecule has 111 heavy (non-hydrogen) atoms. The first-order valence-corrected chi connectivity index (χ1v) is 36.5. The van der Waals surface area contributed by atoms with Crippen molar-refractivity contribution in [2.24, 2.45) is 49.8 Å². The minimum atomic E-state index is -1.50. The highest BCUT2D eigenvalue weighted by atomic mass is 79.9. The molecule has 6 N–H and O–H groups in total. The number of fused-ring (bicyclic) bond motifs is 3. The van der Waals surface area contributed by atoms with E-state index in [-0.39, 0.29) is 72.2 Å². The summed E-state index contributed by atoms with van der Waals surface area (Å²) in [6.45, 7) is 17.4. The monoisotopic (exact) mass is 1590 g/mol. The van der Waals surface area contributed by atoms with Crippen molar-refractivity contribution in [3.05, 3.63) is 237 Å². The summed E-state index contributed by atoms with van der Waals surface area (Å²) >= 11 is 3.15. The van der Waals surface area contributed by atoms with E-state index >= 15 is 0 Å². The van der Waals surface area contributed by atoms with Gasteiger partial charge in [-0.1, -0.05) is 28.2 Å². The molecule has 0 unspecified atom stereocenters. The second-order valence-corrected chi connectivity index (χ2v) is 27.9. The summed E-state index contributed by atoms with van der Waals surface area (Å²) in [6, 6.07) is 24.5. The van der Waals surface area contributed by atoms with Crippen molar-refractivity contribution in [2.45, 2.75) is 132 Å². The van der Waals surface area contributed by atoms with Crippen molar-refractivity contribution < 1.29 is 47.6 Å². The second kappa shape index (κ2) is 37.7. The molecule has 0 radical (unpaired) electrons. The number of aromatic nitrogens is 10. The number of anilines is 1. The Morgan fingerprint density at radius 1 is 0.586 bits per heavy atom. The molecule has 1 saturated heterocycles. The molecule has 30 heteroatoms. The van der Waals surface area contributed by atoms with Crippen molar-refractivity contribution in [3.8, 4) is 33.4 Å². The van der Waals surface area contributed by atoms with Gasteiger partial charge in [-0.2, -0.15) is 0 Å². The van der Waals surface area contributed by atoms with Gasteiger partial charge in [0.2, 0.25) is 11.8 Å². The molecule has 2 aliphatic rings. The molecule has 1 aromatic carbocycles. The lowest BCUT2D eigenvalue weighted by Crippen LogP contribution is -2.43. The van der Waals surface area contributed by atoms with Gasteiger partial charge in [-0.05, 0) is 173 Å². The van der Waals surface area contributed by atoms with Crippen LogP contribution >= 0.6 is 15.9 Å². The van der Waals surface area contributed by atoms with E-state index in [1.165, 1.54) is 23.6 Å². The Labute approximate surface area is 648 Å². The summed E-state index contributed by atoms with van der Waals surface area (Å²) in [5.74, 6) is -4.39. The summed E-state index contributed by atoms with van der Waals surface area (Å²) in [4.78, 5) is 108. The normalized spacial score (nSPS) is 14.5. The number of carboxylic acids is 2. The number of amides is 1. The fourth-order valence-corrected chi connectivity index (χ4v) is 12.6. The number of pyridine rings is 7.